The molecular formula is C19H20N4O. The summed E-state index contributed by atoms with van der Waals surface area (Å²) in [4.78, 5) is 16.1. The molecule has 0 aliphatic rings. The number of benzene rings is 2. The molecule has 24 heavy (non-hydrogen) atoms. The number of nitrogens with zero attached hydrogens (tertiary/aromatic N) is 2. The average Bonchev–Trinajstić information content (AvgIpc) is 2.61. The minimum atomic E-state index is -0.155. The van der Waals surface area contributed by atoms with Gasteiger partial charge in [0.05, 0.1) is 0 Å². The summed E-state index contributed by atoms with van der Waals surface area (Å²) in [5.74, 6) is 0.318. The lowest BCUT2D eigenvalue weighted by molar-refractivity contribution is 0.845. The monoisotopic (exact) mass is 320 g/mol. The van der Waals surface area contributed by atoms with Gasteiger partial charge >= 0.3 is 0 Å². The Balaban J connectivity index is 1.69. The van der Waals surface area contributed by atoms with E-state index in [-0.39, 0.29) is 11.6 Å². The van der Waals surface area contributed by atoms with Crippen molar-refractivity contribution in [2.45, 2.75) is 13.0 Å². The molecule has 1 heterocycles. The van der Waals surface area contributed by atoms with Gasteiger partial charge in [-0.3, -0.25) is 4.79 Å². The second-order valence-corrected chi connectivity index (χ2v) is 5.67. The van der Waals surface area contributed by atoms with Gasteiger partial charge in [-0.05, 0) is 36.8 Å². The van der Waals surface area contributed by atoms with Crippen LogP contribution in [0.1, 0.15) is 18.5 Å². The van der Waals surface area contributed by atoms with Gasteiger partial charge in [0.2, 0.25) is 0 Å². The highest BCUT2D eigenvalue weighted by atomic mass is 16.1. The van der Waals surface area contributed by atoms with Gasteiger partial charge in [-0.2, -0.15) is 0 Å². The topological polar surface area (TPSA) is 59.0 Å². The van der Waals surface area contributed by atoms with Crippen LogP contribution in [0.3, 0.4) is 0 Å². The Labute approximate surface area is 141 Å². The van der Waals surface area contributed by atoms with E-state index in [1.54, 1.807) is 19.4 Å². The Morgan fingerprint density at radius 2 is 1.67 bits per heavy atom. The van der Waals surface area contributed by atoms with Crippen molar-refractivity contribution in [2.75, 3.05) is 10.6 Å². The van der Waals surface area contributed by atoms with E-state index in [1.807, 2.05) is 42.5 Å². The summed E-state index contributed by atoms with van der Waals surface area (Å²) in [5.41, 5.74) is 2.92. The van der Waals surface area contributed by atoms with Crippen molar-refractivity contribution < 1.29 is 0 Å². The van der Waals surface area contributed by atoms with Crippen molar-refractivity contribution in [3.63, 3.8) is 0 Å². The van der Waals surface area contributed by atoms with Gasteiger partial charge in [0.25, 0.3) is 5.56 Å². The molecule has 5 heteroatoms. The quantitative estimate of drug-likeness (QED) is 0.752. The molecule has 0 fully saturated rings. The van der Waals surface area contributed by atoms with Crippen molar-refractivity contribution in [3.05, 3.63) is 82.9 Å². The first-order valence-electron chi connectivity index (χ1n) is 7.84. The van der Waals surface area contributed by atoms with Gasteiger partial charge in [0, 0.05) is 36.9 Å². The smallest absolute Gasteiger partial charge is 0.293 e. The van der Waals surface area contributed by atoms with Gasteiger partial charge in [-0.25, -0.2) is 4.98 Å². The number of hydrogen-bond donors (Lipinski definition) is 2. The Hall–Kier alpha value is -3.08. The molecule has 3 rings (SSSR count). The summed E-state index contributed by atoms with van der Waals surface area (Å²) < 4.78 is 1.49. The van der Waals surface area contributed by atoms with E-state index in [9.17, 15) is 4.79 Å². The van der Waals surface area contributed by atoms with E-state index in [4.69, 9.17) is 0 Å². The fourth-order valence-electron chi connectivity index (χ4n) is 2.45. The standard InChI is InChI=1S/C19H20N4O/c1-14(15-6-4-3-5-7-15)21-16-8-10-17(11-9-16)22-18-19(24)23(2)13-12-20-18/h3-14,21H,1-2H3,(H,20,22). The molecule has 3 aromatic rings. The third kappa shape index (κ3) is 3.63. The molecule has 1 unspecified atom stereocenters. The second kappa shape index (κ2) is 7.00. The van der Waals surface area contributed by atoms with E-state index in [2.05, 4.69) is 34.7 Å². The third-order valence-corrected chi connectivity index (χ3v) is 3.85. The third-order valence-electron chi connectivity index (χ3n) is 3.85. The molecule has 1 aromatic heterocycles. The van der Waals surface area contributed by atoms with Crippen LogP contribution in [-0.4, -0.2) is 9.55 Å². The summed E-state index contributed by atoms with van der Waals surface area (Å²) >= 11 is 0. The zero-order valence-electron chi connectivity index (χ0n) is 13.7. The molecule has 0 saturated heterocycles. The van der Waals surface area contributed by atoms with Crippen LogP contribution in [0.4, 0.5) is 17.2 Å². The zero-order valence-corrected chi connectivity index (χ0v) is 13.7. The van der Waals surface area contributed by atoms with Gasteiger partial charge < -0.3 is 15.2 Å². The molecule has 0 amide bonds. The van der Waals surface area contributed by atoms with Gasteiger partial charge in [0.1, 0.15) is 0 Å². The van der Waals surface area contributed by atoms with Crippen LogP contribution in [0.5, 0.6) is 0 Å². The summed E-state index contributed by atoms with van der Waals surface area (Å²) in [6, 6.07) is 18.3. The molecule has 0 bridgehead atoms. The van der Waals surface area contributed by atoms with Crippen LogP contribution < -0.4 is 16.2 Å². The highest BCUT2D eigenvalue weighted by Gasteiger charge is 2.06. The Morgan fingerprint density at radius 3 is 2.38 bits per heavy atom. The van der Waals surface area contributed by atoms with Crippen molar-refractivity contribution in [3.8, 4) is 0 Å². The largest absolute Gasteiger partial charge is 0.379 e. The number of anilines is 3. The number of aromatic nitrogens is 2. The second-order valence-electron chi connectivity index (χ2n) is 5.67. The van der Waals surface area contributed by atoms with E-state index in [0.29, 0.717) is 5.82 Å². The van der Waals surface area contributed by atoms with Crippen LogP contribution in [0.2, 0.25) is 0 Å². The fraction of sp³-hybridized carbons (Fsp3) is 0.158. The Morgan fingerprint density at radius 1 is 1.00 bits per heavy atom. The molecular weight excluding hydrogens is 300 g/mol. The molecule has 5 nitrogen and oxygen atoms in total. The lowest BCUT2D eigenvalue weighted by atomic mass is 10.1. The number of hydrogen-bond acceptors (Lipinski definition) is 4. The molecule has 0 aliphatic carbocycles. The van der Waals surface area contributed by atoms with Crippen LogP contribution >= 0.6 is 0 Å². The maximum Gasteiger partial charge on any atom is 0.293 e. The van der Waals surface area contributed by atoms with Crippen molar-refractivity contribution >= 4 is 17.2 Å². The first kappa shape index (κ1) is 15.8. The van der Waals surface area contributed by atoms with Crippen LogP contribution in [0.25, 0.3) is 0 Å². The molecule has 1 atom stereocenters. The summed E-state index contributed by atoms with van der Waals surface area (Å²) in [6.07, 6.45) is 3.23. The van der Waals surface area contributed by atoms with Crippen molar-refractivity contribution in [2.24, 2.45) is 7.05 Å². The van der Waals surface area contributed by atoms with E-state index in [1.165, 1.54) is 10.1 Å². The summed E-state index contributed by atoms with van der Waals surface area (Å²) in [7, 11) is 1.70. The van der Waals surface area contributed by atoms with E-state index >= 15 is 0 Å². The highest BCUT2D eigenvalue weighted by molar-refractivity contribution is 5.60. The predicted molar refractivity (Wildman–Crippen MR) is 97.7 cm³/mol. The Kier molecular flexibility index (Phi) is 4.61. The van der Waals surface area contributed by atoms with Crippen LogP contribution in [-0.2, 0) is 7.05 Å². The van der Waals surface area contributed by atoms with Crippen LogP contribution in [0.15, 0.2) is 71.8 Å². The maximum atomic E-state index is 12.0. The minimum absolute atomic E-state index is 0.155. The van der Waals surface area contributed by atoms with E-state index < -0.39 is 0 Å². The summed E-state index contributed by atoms with van der Waals surface area (Å²) in [5, 5.41) is 6.51. The molecule has 0 saturated carbocycles. The van der Waals surface area contributed by atoms with Crippen molar-refractivity contribution in [1.29, 1.82) is 0 Å². The number of aryl methyl sites for hydroxylation is 1. The van der Waals surface area contributed by atoms with Gasteiger partial charge in [0.15, 0.2) is 5.82 Å². The first-order valence-corrected chi connectivity index (χ1v) is 7.84. The number of rotatable bonds is 5. The average molecular weight is 320 g/mol. The zero-order chi connectivity index (χ0) is 16.9. The molecule has 2 aromatic carbocycles. The SMILES string of the molecule is CC(Nc1ccc(Nc2nccn(C)c2=O)cc1)c1ccccc1. The van der Waals surface area contributed by atoms with E-state index in [0.717, 1.165) is 11.4 Å². The summed E-state index contributed by atoms with van der Waals surface area (Å²) in [6.45, 7) is 2.12. The number of nitrogens with one attached hydrogen (secondary N) is 2. The molecule has 0 aliphatic heterocycles. The first-order chi connectivity index (χ1) is 11.6. The van der Waals surface area contributed by atoms with Crippen molar-refractivity contribution in [1.82, 2.24) is 9.55 Å². The molecule has 0 spiro atoms. The lowest BCUT2D eigenvalue weighted by Gasteiger charge is -2.16. The maximum absolute atomic E-state index is 12.0. The lowest BCUT2D eigenvalue weighted by Crippen LogP contribution is -2.20. The molecule has 122 valence electrons. The molecule has 0 radical (unpaired) electrons. The minimum Gasteiger partial charge on any atom is -0.379 e. The predicted octanol–water partition coefficient (Wildman–Crippen LogP) is 3.70. The fourth-order valence-corrected chi connectivity index (χ4v) is 2.45. The van der Waals surface area contributed by atoms with Gasteiger partial charge in [-0.15, -0.1) is 0 Å². The van der Waals surface area contributed by atoms with Gasteiger partial charge in [-0.1, -0.05) is 30.3 Å². The molecule has 2 N–H and O–H groups in total. The normalized spacial score (nSPS) is 11.8. The highest BCUT2D eigenvalue weighted by Crippen LogP contribution is 2.21. The Bertz CT molecular complexity index is 857. The van der Waals surface area contributed by atoms with Crippen LogP contribution in [0, 0.1) is 0 Å².